The molecule has 0 saturated carbocycles. The van der Waals surface area contributed by atoms with Crippen LogP contribution in [0.25, 0.3) is 5.52 Å². The van der Waals surface area contributed by atoms with Gasteiger partial charge in [0.1, 0.15) is 11.5 Å². The van der Waals surface area contributed by atoms with Crippen molar-refractivity contribution >= 4 is 23.0 Å². The van der Waals surface area contributed by atoms with E-state index in [1.165, 1.54) is 13.3 Å². The number of benzene rings is 1. The van der Waals surface area contributed by atoms with Gasteiger partial charge in [0, 0.05) is 17.8 Å². The number of carboxylic acids is 1. The first-order chi connectivity index (χ1) is 12.0. The molecule has 25 heavy (non-hydrogen) atoms. The molecule has 8 nitrogen and oxygen atoms in total. The van der Waals surface area contributed by atoms with Crippen molar-refractivity contribution in [1.29, 1.82) is 0 Å². The Labute approximate surface area is 142 Å². The number of hydrogen-bond acceptors (Lipinski definition) is 6. The van der Waals surface area contributed by atoms with Crippen LogP contribution in [0.2, 0.25) is 0 Å². The van der Waals surface area contributed by atoms with Gasteiger partial charge in [0.15, 0.2) is 12.4 Å². The number of ether oxygens (including phenoxy) is 2. The van der Waals surface area contributed by atoms with E-state index < -0.39 is 12.6 Å². The van der Waals surface area contributed by atoms with Gasteiger partial charge in [0.2, 0.25) is 5.78 Å². The first-order valence-electron chi connectivity index (χ1n) is 7.29. The van der Waals surface area contributed by atoms with E-state index in [1.807, 2.05) is 0 Å². The predicted molar refractivity (Wildman–Crippen MR) is 89.2 cm³/mol. The Kier molecular flexibility index (Phi) is 4.25. The van der Waals surface area contributed by atoms with Gasteiger partial charge in [-0.25, -0.2) is 9.78 Å². The molecule has 3 rings (SSSR count). The van der Waals surface area contributed by atoms with Gasteiger partial charge in [-0.15, -0.1) is 0 Å². The number of nitrogens with zero attached hydrogens (tertiary/aromatic N) is 2. The smallest absolute Gasteiger partial charge is 0.341 e. The molecule has 0 aliphatic carbocycles. The standard InChI is InChI=1S/C17H15N3O5/c1-24-14-6-10(2-3-13(14)18)16(23)17-19-8-11-7-12(4-5-20(11)17)25-9-15(21)22/h2-8H,9,18H2,1H3,(H,21,22). The molecule has 0 fully saturated rings. The summed E-state index contributed by atoms with van der Waals surface area (Å²) in [5.41, 5.74) is 7.20. The van der Waals surface area contributed by atoms with Crippen molar-refractivity contribution in [3.63, 3.8) is 0 Å². The predicted octanol–water partition coefficient (Wildman–Crippen LogP) is 1.62. The second-order valence-electron chi connectivity index (χ2n) is 5.21. The van der Waals surface area contributed by atoms with Crippen LogP contribution in [0, 0.1) is 0 Å². The van der Waals surface area contributed by atoms with Crippen LogP contribution in [0.5, 0.6) is 11.5 Å². The zero-order valence-corrected chi connectivity index (χ0v) is 13.3. The molecule has 0 saturated heterocycles. The van der Waals surface area contributed by atoms with E-state index in [4.69, 9.17) is 20.3 Å². The van der Waals surface area contributed by atoms with Crippen LogP contribution in [0.1, 0.15) is 16.2 Å². The molecule has 0 aliphatic rings. The molecule has 3 aromatic rings. The molecule has 3 N–H and O–H groups in total. The number of hydrogen-bond donors (Lipinski definition) is 2. The third kappa shape index (κ3) is 3.23. The summed E-state index contributed by atoms with van der Waals surface area (Å²) < 4.78 is 11.8. The van der Waals surface area contributed by atoms with Gasteiger partial charge in [-0.1, -0.05) is 0 Å². The van der Waals surface area contributed by atoms with Crippen LogP contribution in [0.3, 0.4) is 0 Å². The van der Waals surface area contributed by atoms with Crippen molar-refractivity contribution in [2.24, 2.45) is 0 Å². The molecule has 0 atom stereocenters. The number of carbonyl (C=O) groups excluding carboxylic acids is 1. The molecule has 128 valence electrons. The van der Waals surface area contributed by atoms with E-state index >= 15 is 0 Å². The number of nitrogens with two attached hydrogens (primary N) is 1. The van der Waals surface area contributed by atoms with E-state index in [-0.39, 0.29) is 11.6 Å². The van der Waals surface area contributed by atoms with Gasteiger partial charge < -0.3 is 20.3 Å². The third-order valence-electron chi connectivity index (χ3n) is 3.56. The molecule has 1 aromatic carbocycles. The van der Waals surface area contributed by atoms with Crippen LogP contribution in [0.15, 0.2) is 42.7 Å². The first kappa shape index (κ1) is 16.3. The molecule has 8 heteroatoms. The number of carbonyl (C=O) groups is 2. The minimum Gasteiger partial charge on any atom is -0.495 e. The topological polar surface area (TPSA) is 116 Å². The highest BCUT2D eigenvalue weighted by Crippen LogP contribution is 2.24. The van der Waals surface area contributed by atoms with E-state index in [1.54, 1.807) is 40.9 Å². The number of carboxylic acid groups (broad SMARTS) is 1. The van der Waals surface area contributed by atoms with Crippen LogP contribution in [-0.4, -0.2) is 40.0 Å². The molecular formula is C17H15N3O5. The van der Waals surface area contributed by atoms with E-state index in [2.05, 4.69) is 4.98 Å². The molecule has 2 aromatic heterocycles. The number of nitrogen functional groups attached to an aromatic ring is 1. The summed E-state index contributed by atoms with van der Waals surface area (Å²) in [5, 5.41) is 8.65. The lowest BCUT2D eigenvalue weighted by Gasteiger charge is -2.07. The minimum absolute atomic E-state index is 0.214. The van der Waals surface area contributed by atoms with Gasteiger partial charge >= 0.3 is 5.97 Å². The van der Waals surface area contributed by atoms with Gasteiger partial charge in [-0.3, -0.25) is 9.20 Å². The normalized spacial score (nSPS) is 10.6. The molecule has 2 heterocycles. The minimum atomic E-state index is -1.07. The monoisotopic (exact) mass is 341 g/mol. The zero-order valence-electron chi connectivity index (χ0n) is 13.3. The number of anilines is 1. The van der Waals surface area contributed by atoms with Crippen LogP contribution in [-0.2, 0) is 4.79 Å². The van der Waals surface area contributed by atoms with Crippen LogP contribution in [0.4, 0.5) is 5.69 Å². The van der Waals surface area contributed by atoms with Gasteiger partial charge in [-0.2, -0.15) is 0 Å². The van der Waals surface area contributed by atoms with Gasteiger partial charge in [0.25, 0.3) is 0 Å². The quantitative estimate of drug-likeness (QED) is 0.517. The second-order valence-corrected chi connectivity index (χ2v) is 5.21. The fourth-order valence-corrected chi connectivity index (χ4v) is 2.36. The van der Waals surface area contributed by atoms with Crippen molar-refractivity contribution < 1.29 is 24.2 Å². The van der Waals surface area contributed by atoms with E-state index in [0.717, 1.165) is 0 Å². The Morgan fingerprint density at radius 2 is 2.08 bits per heavy atom. The Hall–Kier alpha value is -3.55. The largest absolute Gasteiger partial charge is 0.495 e. The van der Waals surface area contributed by atoms with E-state index in [9.17, 15) is 9.59 Å². The highest BCUT2D eigenvalue weighted by Gasteiger charge is 2.17. The van der Waals surface area contributed by atoms with Crippen molar-refractivity contribution in [1.82, 2.24) is 9.38 Å². The van der Waals surface area contributed by atoms with Crippen LogP contribution < -0.4 is 15.2 Å². The molecule has 0 aliphatic heterocycles. The highest BCUT2D eigenvalue weighted by molar-refractivity contribution is 6.07. The number of ketones is 1. The maximum atomic E-state index is 12.7. The molecular weight excluding hydrogens is 326 g/mol. The summed E-state index contributed by atoms with van der Waals surface area (Å²) in [7, 11) is 1.48. The summed E-state index contributed by atoms with van der Waals surface area (Å²) in [6.07, 6.45) is 3.11. The number of fused-ring (bicyclic) bond motifs is 1. The number of pyridine rings is 1. The van der Waals surface area contributed by atoms with Crippen LogP contribution >= 0.6 is 0 Å². The summed E-state index contributed by atoms with van der Waals surface area (Å²) in [5.74, 6) is -0.357. The second kappa shape index (κ2) is 6.52. The maximum Gasteiger partial charge on any atom is 0.341 e. The Morgan fingerprint density at radius 1 is 1.28 bits per heavy atom. The third-order valence-corrected chi connectivity index (χ3v) is 3.56. The van der Waals surface area contributed by atoms with Crippen molar-refractivity contribution in [3.05, 3.63) is 54.1 Å². The Morgan fingerprint density at radius 3 is 2.80 bits per heavy atom. The van der Waals surface area contributed by atoms with Gasteiger partial charge in [-0.05, 0) is 24.3 Å². The molecule has 0 spiro atoms. The Balaban J connectivity index is 1.93. The molecule has 0 bridgehead atoms. The summed E-state index contributed by atoms with van der Waals surface area (Å²) in [6.45, 7) is -0.443. The highest BCUT2D eigenvalue weighted by atomic mass is 16.5. The lowest BCUT2D eigenvalue weighted by Crippen LogP contribution is -2.10. The lowest BCUT2D eigenvalue weighted by atomic mass is 10.1. The fourth-order valence-electron chi connectivity index (χ4n) is 2.36. The van der Waals surface area contributed by atoms with Gasteiger partial charge in [0.05, 0.1) is 24.5 Å². The summed E-state index contributed by atoms with van der Waals surface area (Å²) in [4.78, 5) is 27.4. The zero-order chi connectivity index (χ0) is 18.0. The first-order valence-corrected chi connectivity index (χ1v) is 7.29. The molecule has 0 unspecified atom stereocenters. The number of imidazole rings is 1. The number of aromatic nitrogens is 2. The van der Waals surface area contributed by atoms with Crippen molar-refractivity contribution in [2.45, 2.75) is 0 Å². The summed E-state index contributed by atoms with van der Waals surface area (Å²) in [6, 6.07) is 7.93. The van der Waals surface area contributed by atoms with Crippen molar-refractivity contribution in [3.8, 4) is 11.5 Å². The lowest BCUT2D eigenvalue weighted by molar-refractivity contribution is -0.139. The SMILES string of the molecule is COc1cc(C(=O)c2ncc3cc(OCC(=O)O)ccn23)ccc1N. The number of aliphatic carboxylic acids is 1. The molecule has 0 radical (unpaired) electrons. The average molecular weight is 341 g/mol. The van der Waals surface area contributed by atoms with Crippen molar-refractivity contribution in [2.75, 3.05) is 19.5 Å². The molecule has 0 amide bonds. The summed E-state index contributed by atoms with van der Waals surface area (Å²) >= 11 is 0. The number of methoxy groups -OCH3 is 1. The maximum absolute atomic E-state index is 12.7. The average Bonchev–Trinajstić information content (AvgIpc) is 3.03. The number of rotatable bonds is 6. The fraction of sp³-hybridized carbons (Fsp3) is 0.118. The Bertz CT molecular complexity index is 964. The van der Waals surface area contributed by atoms with E-state index in [0.29, 0.717) is 28.3 Å².